The van der Waals surface area contributed by atoms with Gasteiger partial charge in [-0.2, -0.15) is 5.48 Å². The van der Waals surface area contributed by atoms with E-state index >= 15 is 0 Å². The van der Waals surface area contributed by atoms with Crippen LogP contribution < -0.4 is 22.3 Å². The van der Waals surface area contributed by atoms with Gasteiger partial charge in [-0.25, -0.2) is 0 Å². The topological polar surface area (TPSA) is 94.6 Å². The van der Waals surface area contributed by atoms with Crippen LogP contribution in [0.1, 0.15) is 0 Å². The molecular weight excluding hydrogens is 148 g/mol. The summed E-state index contributed by atoms with van der Waals surface area (Å²) < 4.78 is 5.02. The molecule has 0 aliphatic heterocycles. The summed E-state index contributed by atoms with van der Waals surface area (Å²) in [5, 5.41) is 2.79. The van der Waals surface area contributed by atoms with Crippen LogP contribution in [0.3, 0.4) is 0 Å². The highest BCUT2D eigenvalue weighted by Gasteiger charge is 1.86. The van der Waals surface area contributed by atoms with Gasteiger partial charge in [0.1, 0.15) is 0 Å². The van der Waals surface area contributed by atoms with Crippen molar-refractivity contribution in [1.29, 1.82) is 0 Å². The van der Waals surface area contributed by atoms with Gasteiger partial charge in [-0.3, -0.25) is 10.2 Å². The average molecular weight is 164 g/mol. The van der Waals surface area contributed by atoms with E-state index in [9.17, 15) is 0 Å². The van der Waals surface area contributed by atoms with E-state index in [0.29, 0.717) is 33.3 Å². The zero-order valence-corrected chi connectivity index (χ0v) is 6.51. The van der Waals surface area contributed by atoms with Gasteiger partial charge < -0.3 is 16.2 Å². The van der Waals surface area contributed by atoms with Gasteiger partial charge in [0.15, 0.2) is 0 Å². The Labute approximate surface area is 66.2 Å². The van der Waals surface area contributed by atoms with E-state index in [4.69, 9.17) is 21.0 Å². The van der Waals surface area contributed by atoms with E-state index in [2.05, 4.69) is 10.8 Å². The maximum atomic E-state index is 5.14. The highest BCUT2D eigenvalue weighted by molar-refractivity contribution is 4.28. The molecule has 0 aromatic rings. The van der Waals surface area contributed by atoms with Crippen LogP contribution in [0.2, 0.25) is 0 Å². The Balaban J connectivity index is 2.69. The second kappa shape index (κ2) is 9.76. The van der Waals surface area contributed by atoms with Crippen molar-refractivity contribution in [2.45, 2.75) is 0 Å². The first-order valence-electron chi connectivity index (χ1n) is 3.45. The predicted octanol–water partition coefficient (Wildman–Crippen LogP) is -2.10. The van der Waals surface area contributed by atoms with Gasteiger partial charge >= 0.3 is 0 Å². The van der Waals surface area contributed by atoms with Crippen LogP contribution in [-0.2, 0) is 9.57 Å². The number of rotatable bonds is 8. The van der Waals surface area contributed by atoms with Crippen molar-refractivity contribution >= 4 is 0 Å². The molecule has 68 valence electrons. The lowest BCUT2D eigenvalue weighted by Gasteiger charge is -2.04. The number of nitrogens with two attached hydrogens (primary N) is 2. The zero-order valence-electron chi connectivity index (χ0n) is 6.51. The Bertz CT molecular complexity index is 65.5. The van der Waals surface area contributed by atoms with E-state index < -0.39 is 0 Å². The standard InChI is InChI=1S/C5H16N4O2/c6-3-8-5-10-1-2-11-9-4-7/h8-9H,1-7H2. The van der Waals surface area contributed by atoms with Gasteiger partial charge in [0.2, 0.25) is 0 Å². The fourth-order valence-electron chi connectivity index (χ4n) is 0.435. The molecule has 6 nitrogen and oxygen atoms in total. The van der Waals surface area contributed by atoms with E-state index in [1.807, 2.05) is 0 Å². The molecule has 0 aliphatic rings. The molecule has 6 heteroatoms. The average Bonchev–Trinajstić information content (AvgIpc) is 2.03. The minimum atomic E-state index is 0.307. The molecule has 0 atom stereocenters. The van der Waals surface area contributed by atoms with Gasteiger partial charge in [-0.15, -0.1) is 0 Å². The quantitative estimate of drug-likeness (QED) is 0.186. The first kappa shape index (κ1) is 10.8. The molecule has 0 saturated carbocycles. The molecule has 0 fully saturated rings. The van der Waals surface area contributed by atoms with Gasteiger partial charge in [0.25, 0.3) is 0 Å². The van der Waals surface area contributed by atoms with Gasteiger partial charge in [-0.1, -0.05) is 0 Å². The third-order valence-corrected chi connectivity index (χ3v) is 0.864. The van der Waals surface area contributed by atoms with Crippen LogP contribution in [0.15, 0.2) is 0 Å². The van der Waals surface area contributed by atoms with Crippen LogP contribution in [0.25, 0.3) is 0 Å². The van der Waals surface area contributed by atoms with E-state index in [1.165, 1.54) is 0 Å². The second-order valence-electron chi connectivity index (χ2n) is 1.70. The molecule has 11 heavy (non-hydrogen) atoms. The molecular formula is C5H16N4O2. The Morgan fingerprint density at radius 2 is 1.91 bits per heavy atom. The maximum absolute atomic E-state index is 5.14. The molecule has 0 rings (SSSR count). The molecule has 0 aromatic heterocycles. The fraction of sp³-hybridized carbons (Fsp3) is 1.00. The number of nitrogens with one attached hydrogen (secondary N) is 2. The number of hydrogen-bond donors (Lipinski definition) is 4. The van der Waals surface area contributed by atoms with Crippen molar-refractivity contribution in [3.8, 4) is 0 Å². The van der Waals surface area contributed by atoms with Crippen LogP contribution in [0, 0.1) is 0 Å². The molecule has 0 bridgehead atoms. The van der Waals surface area contributed by atoms with Crippen LogP contribution in [-0.4, -0.2) is 33.3 Å². The van der Waals surface area contributed by atoms with E-state index in [0.717, 1.165) is 0 Å². The smallest absolute Gasteiger partial charge is 0.0976 e. The van der Waals surface area contributed by atoms with E-state index in [1.54, 1.807) is 0 Å². The lowest BCUT2D eigenvalue weighted by Crippen LogP contribution is -2.27. The zero-order chi connectivity index (χ0) is 8.36. The summed E-state index contributed by atoms with van der Waals surface area (Å²) in [6.07, 6.45) is 0. The first-order chi connectivity index (χ1) is 5.41. The molecule has 6 N–H and O–H groups in total. The monoisotopic (exact) mass is 164 g/mol. The largest absolute Gasteiger partial charge is 0.364 e. The minimum absolute atomic E-state index is 0.307. The van der Waals surface area contributed by atoms with Crippen molar-refractivity contribution in [2.75, 3.05) is 33.3 Å². The summed E-state index contributed by atoms with van der Waals surface area (Å²) in [6, 6.07) is 0. The Morgan fingerprint density at radius 3 is 2.55 bits per heavy atom. The molecule has 0 amide bonds. The molecule has 0 aromatic carbocycles. The third kappa shape index (κ3) is 9.76. The first-order valence-corrected chi connectivity index (χ1v) is 3.45. The summed E-state index contributed by atoms with van der Waals surface area (Å²) in [5.74, 6) is 0. The Morgan fingerprint density at radius 1 is 1.09 bits per heavy atom. The highest BCUT2D eigenvalue weighted by Crippen LogP contribution is 1.71. The Kier molecular flexibility index (Phi) is 9.55. The van der Waals surface area contributed by atoms with Crippen molar-refractivity contribution in [3.05, 3.63) is 0 Å². The second-order valence-corrected chi connectivity index (χ2v) is 1.70. The van der Waals surface area contributed by atoms with E-state index in [-0.39, 0.29) is 0 Å². The summed E-state index contributed by atoms with van der Waals surface area (Å²) in [6.45, 7) is 2.16. The normalized spacial score (nSPS) is 10.4. The van der Waals surface area contributed by atoms with Crippen LogP contribution >= 0.6 is 0 Å². The molecule has 0 heterocycles. The molecule has 0 spiro atoms. The summed E-state index contributed by atoms with van der Waals surface area (Å²) >= 11 is 0. The SMILES string of the molecule is NCNCOCCONCN. The van der Waals surface area contributed by atoms with Crippen molar-refractivity contribution in [3.63, 3.8) is 0 Å². The molecule has 0 aliphatic carbocycles. The van der Waals surface area contributed by atoms with Gasteiger partial charge in [0, 0.05) is 6.67 Å². The third-order valence-electron chi connectivity index (χ3n) is 0.864. The summed E-state index contributed by atoms with van der Waals surface area (Å²) in [4.78, 5) is 4.80. The number of ether oxygens (including phenoxy) is 1. The lowest BCUT2D eigenvalue weighted by atomic mass is 10.8. The number of hydroxylamine groups is 1. The van der Waals surface area contributed by atoms with Crippen molar-refractivity contribution in [1.82, 2.24) is 10.8 Å². The fourth-order valence-corrected chi connectivity index (χ4v) is 0.435. The van der Waals surface area contributed by atoms with Crippen molar-refractivity contribution < 1.29 is 9.57 Å². The maximum Gasteiger partial charge on any atom is 0.0976 e. The number of hydrogen-bond acceptors (Lipinski definition) is 6. The molecule has 0 unspecified atom stereocenters. The molecule has 0 radical (unpaired) electrons. The van der Waals surface area contributed by atoms with Crippen LogP contribution in [0.5, 0.6) is 0 Å². The van der Waals surface area contributed by atoms with Crippen molar-refractivity contribution in [2.24, 2.45) is 11.5 Å². The Hall–Kier alpha value is -0.240. The minimum Gasteiger partial charge on any atom is -0.364 e. The highest BCUT2D eigenvalue weighted by atomic mass is 16.7. The van der Waals surface area contributed by atoms with Gasteiger partial charge in [-0.05, 0) is 0 Å². The molecule has 0 saturated heterocycles. The van der Waals surface area contributed by atoms with Crippen LogP contribution in [0.4, 0.5) is 0 Å². The summed E-state index contributed by atoms with van der Waals surface area (Å²) in [7, 11) is 0. The lowest BCUT2D eigenvalue weighted by molar-refractivity contribution is -0.00699. The predicted molar refractivity (Wildman–Crippen MR) is 41.2 cm³/mol. The van der Waals surface area contributed by atoms with Gasteiger partial charge in [0.05, 0.1) is 26.6 Å². The summed E-state index contributed by atoms with van der Waals surface area (Å²) in [5.41, 5.74) is 12.7.